The molecule has 1 fully saturated rings. The first-order chi connectivity index (χ1) is 8.20. The Morgan fingerprint density at radius 2 is 2.35 bits per heavy atom. The number of rotatable bonds is 2. The van der Waals surface area contributed by atoms with Crippen LogP contribution in [0.2, 0.25) is 0 Å². The Morgan fingerprint density at radius 1 is 1.53 bits per heavy atom. The quantitative estimate of drug-likeness (QED) is 0.775. The lowest BCUT2D eigenvalue weighted by Crippen LogP contribution is -2.53. The maximum Gasteiger partial charge on any atom is 0.121 e. The Bertz CT molecular complexity index is 412. The van der Waals surface area contributed by atoms with Crippen molar-refractivity contribution in [1.82, 2.24) is 10.3 Å². The highest BCUT2D eigenvalue weighted by molar-refractivity contribution is 5.26. The number of nitrogens with two attached hydrogens (primary N) is 1. The maximum absolute atomic E-state index is 13.8. The number of nitrogens with one attached hydrogen (secondary N) is 1. The van der Waals surface area contributed by atoms with Gasteiger partial charge in [-0.1, -0.05) is 0 Å². The topological polar surface area (TPSA) is 74.7 Å². The maximum atomic E-state index is 13.8. The van der Waals surface area contributed by atoms with Crippen LogP contribution in [0.4, 0.5) is 4.39 Å². The number of aromatic nitrogens is 1. The average Bonchev–Trinajstić information content (AvgIpc) is 2.36. The third-order valence-electron chi connectivity index (χ3n) is 3.07. The summed E-state index contributed by atoms with van der Waals surface area (Å²) in [4.78, 5) is 4.15. The van der Waals surface area contributed by atoms with E-state index in [9.17, 15) is 4.39 Å². The number of halogens is 1. The van der Waals surface area contributed by atoms with Crippen LogP contribution >= 0.6 is 0 Å². The Hall–Kier alpha value is -1.51. The molecule has 1 unspecified atom stereocenters. The van der Waals surface area contributed by atoms with Crippen LogP contribution < -0.4 is 11.1 Å². The van der Waals surface area contributed by atoms with E-state index in [0.717, 1.165) is 5.69 Å². The van der Waals surface area contributed by atoms with Crippen molar-refractivity contribution in [2.45, 2.75) is 18.6 Å². The summed E-state index contributed by atoms with van der Waals surface area (Å²) in [7, 11) is 0. The summed E-state index contributed by atoms with van der Waals surface area (Å²) in [5, 5.41) is 11.8. The highest BCUT2D eigenvalue weighted by Gasteiger charge is 2.31. The van der Waals surface area contributed by atoms with Crippen molar-refractivity contribution in [1.29, 1.82) is 5.26 Å². The molecule has 0 bridgehead atoms. The molecule has 1 aromatic heterocycles. The Labute approximate surface area is 99.6 Å². The van der Waals surface area contributed by atoms with Gasteiger partial charge in [0, 0.05) is 36.9 Å². The van der Waals surface area contributed by atoms with Crippen LogP contribution in [-0.4, -0.2) is 30.3 Å². The molecule has 17 heavy (non-hydrogen) atoms. The summed E-state index contributed by atoms with van der Waals surface area (Å²) >= 11 is 0. The predicted molar refractivity (Wildman–Crippen MR) is 61.9 cm³/mol. The van der Waals surface area contributed by atoms with E-state index in [0.29, 0.717) is 25.1 Å². The van der Waals surface area contributed by atoms with Crippen LogP contribution in [0, 0.1) is 17.2 Å². The van der Waals surface area contributed by atoms with Gasteiger partial charge in [-0.05, 0) is 18.6 Å². The van der Waals surface area contributed by atoms with Gasteiger partial charge in [0.1, 0.15) is 12.2 Å². The largest absolute Gasteiger partial charge is 0.324 e. The molecule has 1 saturated heterocycles. The van der Waals surface area contributed by atoms with Gasteiger partial charge in [-0.25, -0.2) is 4.39 Å². The predicted octanol–water partition coefficient (Wildman–Crippen LogP) is 0.381. The lowest BCUT2D eigenvalue weighted by molar-refractivity contribution is 0.152. The van der Waals surface area contributed by atoms with Crippen molar-refractivity contribution in [3.8, 4) is 6.07 Å². The number of piperidine rings is 1. The van der Waals surface area contributed by atoms with Gasteiger partial charge < -0.3 is 11.1 Å². The first kappa shape index (κ1) is 12.0. The lowest BCUT2D eigenvalue weighted by Gasteiger charge is -2.31. The summed E-state index contributed by atoms with van der Waals surface area (Å²) < 4.78 is 13.8. The van der Waals surface area contributed by atoms with Crippen LogP contribution in [-0.2, 0) is 6.42 Å². The number of nitrogens with zero attached hydrogens (tertiary/aromatic N) is 2. The minimum Gasteiger partial charge on any atom is -0.324 e. The lowest BCUT2D eigenvalue weighted by atomic mass is 9.90. The van der Waals surface area contributed by atoms with E-state index in [1.165, 1.54) is 6.20 Å². The van der Waals surface area contributed by atoms with E-state index in [4.69, 9.17) is 11.0 Å². The van der Waals surface area contributed by atoms with E-state index in [-0.39, 0.29) is 5.92 Å². The van der Waals surface area contributed by atoms with Gasteiger partial charge >= 0.3 is 0 Å². The van der Waals surface area contributed by atoms with Crippen molar-refractivity contribution in [3.63, 3.8) is 0 Å². The van der Waals surface area contributed by atoms with Gasteiger partial charge in [-0.3, -0.25) is 4.98 Å². The molecule has 0 radical (unpaired) electrons. The van der Waals surface area contributed by atoms with Crippen molar-refractivity contribution < 1.29 is 4.39 Å². The fourth-order valence-electron chi connectivity index (χ4n) is 2.07. The summed E-state index contributed by atoms with van der Waals surface area (Å²) in [6.45, 7) is 1.15. The molecule has 3 atom stereocenters. The van der Waals surface area contributed by atoms with Gasteiger partial charge in [-0.15, -0.1) is 0 Å². The second-order valence-corrected chi connectivity index (χ2v) is 4.38. The summed E-state index contributed by atoms with van der Waals surface area (Å²) in [6.07, 6.45) is 1.07. The molecule has 2 heterocycles. The van der Waals surface area contributed by atoms with E-state index in [1.807, 2.05) is 6.07 Å². The molecule has 3 N–H and O–H groups in total. The molecule has 0 aliphatic carbocycles. The number of alkyl halides is 1. The molecular formula is C12H15FN4. The molecule has 2 rings (SSSR count). The van der Waals surface area contributed by atoms with E-state index in [2.05, 4.69) is 10.3 Å². The average molecular weight is 234 g/mol. The molecular weight excluding hydrogens is 219 g/mol. The fraction of sp³-hybridized carbons (Fsp3) is 0.500. The van der Waals surface area contributed by atoms with Crippen molar-refractivity contribution in [2.24, 2.45) is 11.7 Å². The number of hydrogen-bond donors (Lipinski definition) is 2. The smallest absolute Gasteiger partial charge is 0.121 e. The molecule has 0 aromatic carbocycles. The molecule has 90 valence electrons. The van der Waals surface area contributed by atoms with Crippen molar-refractivity contribution in [2.75, 3.05) is 13.1 Å². The minimum absolute atomic E-state index is 0.140. The van der Waals surface area contributed by atoms with Gasteiger partial charge in [-0.2, -0.15) is 5.26 Å². The first-order valence-corrected chi connectivity index (χ1v) is 5.66. The molecule has 5 heteroatoms. The molecule has 1 aliphatic heterocycles. The Morgan fingerprint density at radius 3 is 3.00 bits per heavy atom. The second kappa shape index (κ2) is 5.21. The standard InChI is InChI=1S/C12H15FN4/c13-12-9(6-16-7-11(12)15)3-10-2-1-8(4-14)5-17-10/h1-2,5,9,11-12,16H,3,6-7,15H2/t9?,11-,12-/m1/s1. The highest BCUT2D eigenvalue weighted by Crippen LogP contribution is 2.18. The molecule has 4 nitrogen and oxygen atoms in total. The zero-order valence-corrected chi connectivity index (χ0v) is 9.44. The van der Waals surface area contributed by atoms with Crippen LogP contribution in [0.25, 0.3) is 0 Å². The zero-order chi connectivity index (χ0) is 12.3. The summed E-state index contributed by atoms with van der Waals surface area (Å²) in [6, 6.07) is 5.04. The van der Waals surface area contributed by atoms with Crippen LogP contribution in [0.3, 0.4) is 0 Å². The number of nitriles is 1. The normalized spacial score (nSPS) is 28.6. The van der Waals surface area contributed by atoms with Crippen molar-refractivity contribution in [3.05, 3.63) is 29.6 Å². The Kier molecular flexibility index (Phi) is 3.67. The monoisotopic (exact) mass is 234 g/mol. The van der Waals surface area contributed by atoms with E-state index in [1.54, 1.807) is 12.1 Å². The van der Waals surface area contributed by atoms with Gasteiger partial charge in [0.25, 0.3) is 0 Å². The number of hydrogen-bond acceptors (Lipinski definition) is 4. The van der Waals surface area contributed by atoms with Gasteiger partial charge in [0.15, 0.2) is 0 Å². The Balaban J connectivity index is 2.02. The number of pyridine rings is 1. The third-order valence-corrected chi connectivity index (χ3v) is 3.07. The van der Waals surface area contributed by atoms with Gasteiger partial charge in [0.05, 0.1) is 5.56 Å². The zero-order valence-electron chi connectivity index (χ0n) is 9.44. The second-order valence-electron chi connectivity index (χ2n) is 4.38. The van der Waals surface area contributed by atoms with Crippen LogP contribution in [0.5, 0.6) is 0 Å². The molecule has 0 amide bonds. The van der Waals surface area contributed by atoms with Crippen LogP contribution in [0.15, 0.2) is 18.3 Å². The SMILES string of the molecule is N#Cc1ccc(CC2CNC[C@@H](N)[C@@H]2F)nc1. The highest BCUT2D eigenvalue weighted by atomic mass is 19.1. The fourth-order valence-corrected chi connectivity index (χ4v) is 2.07. The van der Waals surface area contributed by atoms with Gasteiger partial charge in [0.2, 0.25) is 0 Å². The summed E-state index contributed by atoms with van der Waals surface area (Å²) in [5.74, 6) is -0.140. The molecule has 1 aliphatic rings. The van der Waals surface area contributed by atoms with E-state index < -0.39 is 12.2 Å². The third kappa shape index (κ3) is 2.78. The van der Waals surface area contributed by atoms with E-state index >= 15 is 0 Å². The molecule has 0 saturated carbocycles. The minimum atomic E-state index is -0.992. The first-order valence-electron chi connectivity index (χ1n) is 5.66. The van der Waals surface area contributed by atoms with Crippen LogP contribution in [0.1, 0.15) is 11.3 Å². The molecule has 1 aromatic rings. The van der Waals surface area contributed by atoms with Crippen molar-refractivity contribution >= 4 is 0 Å². The summed E-state index contributed by atoms with van der Waals surface area (Å²) in [5.41, 5.74) is 6.98. The molecule has 0 spiro atoms.